The molecule has 1 aromatic carbocycles. The number of nitrogens with zero attached hydrogens (tertiary/aromatic N) is 1. The van der Waals surface area contributed by atoms with Crippen molar-refractivity contribution in [2.24, 2.45) is 7.05 Å². The van der Waals surface area contributed by atoms with E-state index in [-0.39, 0.29) is 12.5 Å². The van der Waals surface area contributed by atoms with Gasteiger partial charge in [0.1, 0.15) is 11.4 Å². The number of aromatic nitrogens is 1. The zero-order chi connectivity index (χ0) is 15.4. The van der Waals surface area contributed by atoms with Gasteiger partial charge < -0.3 is 19.7 Å². The van der Waals surface area contributed by atoms with Gasteiger partial charge in [0.2, 0.25) is 0 Å². The Morgan fingerprint density at radius 1 is 1.33 bits per heavy atom. The van der Waals surface area contributed by atoms with E-state index in [1.54, 1.807) is 24.3 Å². The van der Waals surface area contributed by atoms with Gasteiger partial charge in [-0.1, -0.05) is 0 Å². The molecular weight excluding hydrogens is 268 g/mol. The quantitative estimate of drug-likeness (QED) is 0.888. The molecule has 21 heavy (non-hydrogen) atoms. The van der Waals surface area contributed by atoms with Gasteiger partial charge in [0, 0.05) is 24.0 Å². The van der Waals surface area contributed by atoms with Crippen LogP contribution in [0.2, 0.25) is 0 Å². The van der Waals surface area contributed by atoms with Gasteiger partial charge in [0.25, 0.3) is 5.91 Å². The molecule has 0 aliphatic heterocycles. The van der Waals surface area contributed by atoms with Crippen molar-refractivity contribution >= 4 is 11.6 Å². The van der Waals surface area contributed by atoms with Crippen LogP contribution in [0.1, 0.15) is 28.7 Å². The molecule has 1 amide bonds. The van der Waals surface area contributed by atoms with Gasteiger partial charge in [-0.2, -0.15) is 0 Å². The molecule has 5 heteroatoms. The molecule has 1 heterocycles. The van der Waals surface area contributed by atoms with Gasteiger partial charge in [-0.25, -0.2) is 0 Å². The number of aliphatic hydroxyl groups is 1. The van der Waals surface area contributed by atoms with E-state index in [4.69, 9.17) is 4.74 Å². The molecule has 0 atom stereocenters. The Kier molecular flexibility index (Phi) is 4.65. The summed E-state index contributed by atoms with van der Waals surface area (Å²) in [6.07, 6.45) is 0. The molecule has 0 aliphatic rings. The number of hydrogen-bond donors (Lipinski definition) is 2. The summed E-state index contributed by atoms with van der Waals surface area (Å²) in [7, 11) is 1.85. The highest BCUT2D eigenvalue weighted by Gasteiger charge is 2.12. The van der Waals surface area contributed by atoms with E-state index in [2.05, 4.69) is 5.32 Å². The summed E-state index contributed by atoms with van der Waals surface area (Å²) in [5.41, 5.74) is 2.89. The van der Waals surface area contributed by atoms with E-state index in [1.165, 1.54) is 0 Å². The number of carbonyl (C=O) groups is 1. The van der Waals surface area contributed by atoms with E-state index >= 15 is 0 Å². The van der Waals surface area contributed by atoms with E-state index in [9.17, 15) is 9.90 Å². The number of benzene rings is 1. The summed E-state index contributed by atoms with van der Waals surface area (Å²) in [4.78, 5) is 12.2. The Morgan fingerprint density at radius 2 is 2.10 bits per heavy atom. The lowest BCUT2D eigenvalue weighted by molar-refractivity contribution is 0.101. The summed E-state index contributed by atoms with van der Waals surface area (Å²) >= 11 is 0. The van der Waals surface area contributed by atoms with Crippen molar-refractivity contribution in [3.05, 3.63) is 47.3 Å². The third-order valence-electron chi connectivity index (χ3n) is 3.39. The minimum absolute atomic E-state index is 0.137. The largest absolute Gasteiger partial charge is 0.494 e. The molecule has 2 aromatic rings. The normalized spacial score (nSPS) is 10.5. The molecule has 0 saturated carbocycles. The predicted octanol–water partition coefficient (Wildman–Crippen LogP) is 2.48. The zero-order valence-electron chi connectivity index (χ0n) is 12.5. The van der Waals surface area contributed by atoms with Crippen molar-refractivity contribution in [3.63, 3.8) is 0 Å². The summed E-state index contributed by atoms with van der Waals surface area (Å²) in [6, 6.07) is 8.91. The molecule has 2 N–H and O–H groups in total. The number of aryl methyl sites for hydroxylation is 1. The third-order valence-corrected chi connectivity index (χ3v) is 3.39. The number of ether oxygens (including phenoxy) is 1. The number of hydrogen-bond acceptors (Lipinski definition) is 3. The van der Waals surface area contributed by atoms with Crippen LogP contribution in [-0.2, 0) is 13.7 Å². The van der Waals surface area contributed by atoms with Crippen LogP contribution >= 0.6 is 0 Å². The lowest BCUT2D eigenvalue weighted by Gasteiger charge is -2.12. The highest BCUT2D eigenvalue weighted by atomic mass is 16.5. The second-order valence-corrected chi connectivity index (χ2v) is 4.79. The first-order valence-corrected chi connectivity index (χ1v) is 6.87. The number of rotatable bonds is 5. The Balaban J connectivity index is 2.19. The molecule has 0 fully saturated rings. The molecule has 0 unspecified atom stereocenters. The summed E-state index contributed by atoms with van der Waals surface area (Å²) in [5.74, 6) is 0.450. The van der Waals surface area contributed by atoms with Crippen LogP contribution in [0.15, 0.2) is 30.3 Å². The van der Waals surface area contributed by atoms with Crippen molar-refractivity contribution in [2.75, 3.05) is 11.9 Å². The smallest absolute Gasteiger partial charge is 0.272 e. The van der Waals surface area contributed by atoms with Gasteiger partial charge in [-0.3, -0.25) is 4.79 Å². The van der Waals surface area contributed by atoms with Gasteiger partial charge in [-0.05, 0) is 44.2 Å². The summed E-state index contributed by atoms with van der Waals surface area (Å²) in [5, 5.41) is 12.2. The molecule has 2 rings (SSSR count). The standard InChI is InChI=1S/C16H20N2O3/c1-4-21-15-8-6-13(9-12(15)10-19)17-16(20)14-7-5-11(2)18(14)3/h5-9,19H,4,10H2,1-3H3,(H,17,20). The molecule has 0 spiro atoms. The number of aliphatic hydroxyl groups excluding tert-OH is 1. The maximum absolute atomic E-state index is 12.2. The van der Waals surface area contributed by atoms with Crippen LogP contribution in [0, 0.1) is 6.92 Å². The molecule has 0 aliphatic carbocycles. The van der Waals surface area contributed by atoms with E-state index in [0.717, 1.165) is 5.69 Å². The maximum Gasteiger partial charge on any atom is 0.272 e. The van der Waals surface area contributed by atoms with Crippen molar-refractivity contribution in [1.29, 1.82) is 0 Å². The SMILES string of the molecule is CCOc1ccc(NC(=O)c2ccc(C)n2C)cc1CO. The molecule has 5 nitrogen and oxygen atoms in total. The fraction of sp³-hybridized carbons (Fsp3) is 0.312. The topological polar surface area (TPSA) is 63.5 Å². The third kappa shape index (κ3) is 3.25. The number of nitrogens with one attached hydrogen (secondary N) is 1. The minimum atomic E-state index is -0.182. The number of carbonyl (C=O) groups excluding carboxylic acids is 1. The average Bonchev–Trinajstić information content (AvgIpc) is 2.81. The molecule has 112 valence electrons. The Morgan fingerprint density at radius 3 is 2.67 bits per heavy atom. The first kappa shape index (κ1) is 15.1. The molecule has 0 saturated heterocycles. The van der Waals surface area contributed by atoms with E-state index < -0.39 is 0 Å². The Hall–Kier alpha value is -2.27. The van der Waals surface area contributed by atoms with Crippen LogP contribution < -0.4 is 10.1 Å². The van der Waals surface area contributed by atoms with Gasteiger partial charge in [0.15, 0.2) is 0 Å². The van der Waals surface area contributed by atoms with Crippen LogP contribution in [-0.4, -0.2) is 22.2 Å². The Labute approximate surface area is 124 Å². The second-order valence-electron chi connectivity index (χ2n) is 4.79. The molecule has 1 aromatic heterocycles. The van der Waals surface area contributed by atoms with Crippen LogP contribution in [0.4, 0.5) is 5.69 Å². The van der Waals surface area contributed by atoms with Crippen LogP contribution in [0.5, 0.6) is 5.75 Å². The van der Waals surface area contributed by atoms with Gasteiger partial charge in [-0.15, -0.1) is 0 Å². The molecule has 0 radical (unpaired) electrons. The molecule has 0 bridgehead atoms. The monoisotopic (exact) mass is 288 g/mol. The fourth-order valence-corrected chi connectivity index (χ4v) is 2.11. The van der Waals surface area contributed by atoms with E-state index in [1.807, 2.05) is 31.5 Å². The fourth-order valence-electron chi connectivity index (χ4n) is 2.11. The lowest BCUT2D eigenvalue weighted by atomic mass is 10.2. The van der Waals surface area contributed by atoms with Crippen LogP contribution in [0.25, 0.3) is 0 Å². The first-order valence-electron chi connectivity index (χ1n) is 6.87. The van der Waals surface area contributed by atoms with Crippen molar-refractivity contribution in [3.8, 4) is 5.75 Å². The molecular formula is C16H20N2O3. The predicted molar refractivity (Wildman–Crippen MR) is 81.6 cm³/mol. The van der Waals surface area contributed by atoms with Crippen molar-refractivity contribution in [2.45, 2.75) is 20.5 Å². The first-order chi connectivity index (χ1) is 10.1. The number of amides is 1. The van der Waals surface area contributed by atoms with Crippen molar-refractivity contribution in [1.82, 2.24) is 4.57 Å². The highest BCUT2D eigenvalue weighted by molar-refractivity contribution is 6.03. The van der Waals surface area contributed by atoms with Crippen molar-refractivity contribution < 1.29 is 14.6 Å². The Bertz CT molecular complexity index is 647. The average molecular weight is 288 g/mol. The zero-order valence-corrected chi connectivity index (χ0v) is 12.5. The van der Waals surface area contributed by atoms with Gasteiger partial charge >= 0.3 is 0 Å². The highest BCUT2D eigenvalue weighted by Crippen LogP contribution is 2.23. The maximum atomic E-state index is 12.2. The van der Waals surface area contributed by atoms with E-state index in [0.29, 0.717) is 29.3 Å². The summed E-state index contributed by atoms with van der Waals surface area (Å²) < 4.78 is 7.25. The lowest BCUT2D eigenvalue weighted by Crippen LogP contribution is -2.16. The second kappa shape index (κ2) is 6.45. The summed E-state index contributed by atoms with van der Waals surface area (Å²) in [6.45, 7) is 4.22. The van der Waals surface area contributed by atoms with Gasteiger partial charge in [0.05, 0.1) is 13.2 Å². The van der Waals surface area contributed by atoms with Crippen LogP contribution in [0.3, 0.4) is 0 Å². The minimum Gasteiger partial charge on any atom is -0.494 e. The number of anilines is 1.